The van der Waals surface area contributed by atoms with Gasteiger partial charge in [0, 0.05) is 29.4 Å². The van der Waals surface area contributed by atoms with E-state index in [1.807, 2.05) is 35.0 Å². The number of aromatic nitrogens is 1. The summed E-state index contributed by atoms with van der Waals surface area (Å²) in [4.78, 5) is 10.3. The summed E-state index contributed by atoms with van der Waals surface area (Å²) in [5, 5.41) is 11.7. The molecule has 0 bridgehead atoms. The largest absolute Gasteiger partial charge is 0.462 e. The number of nitrogens with zero attached hydrogens (tertiary/aromatic N) is 2. The highest BCUT2D eigenvalue weighted by atomic mass is 16.6. The van der Waals surface area contributed by atoms with Crippen molar-refractivity contribution < 1.29 is 9.66 Å². The van der Waals surface area contributed by atoms with E-state index in [0.29, 0.717) is 5.76 Å². The summed E-state index contributed by atoms with van der Waals surface area (Å²) in [5.74, 6) is 1.36. The Bertz CT molecular complexity index is 863. The highest BCUT2D eigenvalue weighted by Crippen LogP contribution is 2.30. The van der Waals surface area contributed by atoms with Crippen molar-refractivity contribution in [3.63, 3.8) is 0 Å². The molecule has 0 atom stereocenters. The van der Waals surface area contributed by atoms with Crippen LogP contribution < -0.4 is 4.74 Å². The number of allylic oxidation sites excluding steroid dienone is 1. The molecule has 0 unspecified atom stereocenters. The lowest BCUT2D eigenvalue weighted by molar-refractivity contribution is -0.384. The Hall–Kier alpha value is -3.08. The summed E-state index contributed by atoms with van der Waals surface area (Å²) in [6.07, 6.45) is 1.91. The van der Waals surface area contributed by atoms with Crippen molar-refractivity contribution in [3.8, 4) is 11.4 Å². The van der Waals surface area contributed by atoms with Crippen LogP contribution in [0.15, 0.2) is 67.1 Å². The molecule has 0 fully saturated rings. The Labute approximate surface area is 127 Å². The van der Waals surface area contributed by atoms with Gasteiger partial charge in [-0.1, -0.05) is 12.6 Å². The molecular weight excluding hydrogens is 280 g/mol. The number of nitro groups is 1. The topological polar surface area (TPSA) is 57.3 Å². The minimum absolute atomic E-state index is 0.0755. The zero-order chi connectivity index (χ0) is 15.7. The van der Waals surface area contributed by atoms with Gasteiger partial charge in [-0.15, -0.1) is 0 Å². The molecule has 0 radical (unpaired) electrons. The molecule has 5 heteroatoms. The Morgan fingerprint density at radius 2 is 1.91 bits per heavy atom. The fourth-order valence-corrected chi connectivity index (χ4v) is 2.38. The van der Waals surface area contributed by atoms with E-state index >= 15 is 0 Å². The van der Waals surface area contributed by atoms with E-state index < -0.39 is 4.92 Å². The monoisotopic (exact) mass is 294 g/mol. The Balaban J connectivity index is 2.08. The van der Waals surface area contributed by atoms with Gasteiger partial charge in [0.2, 0.25) is 0 Å². The second kappa shape index (κ2) is 5.37. The molecule has 3 rings (SSSR count). The fraction of sp³-hybridized carbons (Fsp3) is 0.0588. The number of fused-ring (bicyclic) bond motifs is 1. The summed E-state index contributed by atoms with van der Waals surface area (Å²) in [6.45, 7) is 5.55. The van der Waals surface area contributed by atoms with Gasteiger partial charge in [0.25, 0.3) is 5.69 Å². The predicted octanol–water partition coefficient (Wildman–Crippen LogP) is 4.45. The van der Waals surface area contributed by atoms with Gasteiger partial charge in [0.15, 0.2) is 0 Å². The molecule has 0 aliphatic rings. The molecular formula is C17H14N2O3. The van der Waals surface area contributed by atoms with Crippen molar-refractivity contribution in [1.82, 2.24) is 4.57 Å². The third-order valence-electron chi connectivity index (χ3n) is 3.32. The fourth-order valence-electron chi connectivity index (χ4n) is 2.38. The number of rotatable bonds is 4. The third kappa shape index (κ3) is 2.44. The van der Waals surface area contributed by atoms with E-state index in [1.54, 1.807) is 19.1 Å². The van der Waals surface area contributed by atoms with Crippen molar-refractivity contribution in [2.24, 2.45) is 0 Å². The second-order valence-corrected chi connectivity index (χ2v) is 4.95. The van der Waals surface area contributed by atoms with Crippen LogP contribution in [0.3, 0.4) is 0 Å². The van der Waals surface area contributed by atoms with Crippen LogP contribution in [-0.2, 0) is 0 Å². The van der Waals surface area contributed by atoms with Crippen molar-refractivity contribution in [2.45, 2.75) is 6.92 Å². The molecule has 0 spiro atoms. The maximum atomic E-state index is 10.7. The molecule has 110 valence electrons. The lowest BCUT2D eigenvalue weighted by Crippen LogP contribution is -1.94. The highest BCUT2D eigenvalue weighted by Gasteiger charge is 2.10. The number of benzene rings is 2. The van der Waals surface area contributed by atoms with Gasteiger partial charge in [-0.3, -0.25) is 10.1 Å². The van der Waals surface area contributed by atoms with Crippen LogP contribution >= 0.6 is 0 Å². The lowest BCUT2D eigenvalue weighted by Gasteiger charge is -2.08. The molecule has 0 N–H and O–H groups in total. The van der Waals surface area contributed by atoms with Crippen LogP contribution in [0.25, 0.3) is 16.6 Å². The molecule has 1 aromatic heterocycles. The summed E-state index contributed by atoms with van der Waals surface area (Å²) >= 11 is 0. The van der Waals surface area contributed by atoms with Gasteiger partial charge in [-0.05, 0) is 37.3 Å². The van der Waals surface area contributed by atoms with Crippen molar-refractivity contribution in [2.75, 3.05) is 0 Å². The zero-order valence-electron chi connectivity index (χ0n) is 12.0. The van der Waals surface area contributed by atoms with Crippen molar-refractivity contribution in [3.05, 3.63) is 77.2 Å². The molecule has 1 heterocycles. The summed E-state index contributed by atoms with van der Waals surface area (Å²) < 4.78 is 7.59. The van der Waals surface area contributed by atoms with Gasteiger partial charge >= 0.3 is 0 Å². The zero-order valence-corrected chi connectivity index (χ0v) is 12.0. The first-order chi connectivity index (χ1) is 10.6. The maximum Gasteiger partial charge on any atom is 0.269 e. The Kier molecular flexibility index (Phi) is 3.39. The molecule has 22 heavy (non-hydrogen) atoms. The first-order valence-corrected chi connectivity index (χ1v) is 6.74. The highest BCUT2D eigenvalue weighted by molar-refractivity contribution is 5.88. The number of non-ortho nitro benzene ring substituents is 1. The van der Waals surface area contributed by atoms with Gasteiger partial charge in [-0.2, -0.15) is 0 Å². The summed E-state index contributed by atoms with van der Waals surface area (Å²) in [5.41, 5.74) is 1.90. The summed E-state index contributed by atoms with van der Waals surface area (Å²) in [7, 11) is 0. The first-order valence-electron chi connectivity index (χ1n) is 6.74. The molecule has 0 aliphatic carbocycles. The van der Waals surface area contributed by atoms with E-state index in [4.69, 9.17) is 4.74 Å². The molecule has 0 aliphatic heterocycles. The minimum Gasteiger partial charge on any atom is -0.462 e. The Morgan fingerprint density at radius 1 is 1.18 bits per heavy atom. The van der Waals surface area contributed by atoms with Gasteiger partial charge in [0.1, 0.15) is 5.75 Å². The minimum atomic E-state index is -0.406. The average molecular weight is 294 g/mol. The van der Waals surface area contributed by atoms with Crippen LogP contribution in [0.4, 0.5) is 5.69 Å². The van der Waals surface area contributed by atoms with Crippen LogP contribution in [-0.4, -0.2) is 9.49 Å². The lowest BCUT2D eigenvalue weighted by atomic mass is 10.2. The van der Waals surface area contributed by atoms with Gasteiger partial charge < -0.3 is 9.30 Å². The van der Waals surface area contributed by atoms with E-state index in [1.165, 1.54) is 12.1 Å². The normalized spacial score (nSPS) is 10.6. The van der Waals surface area contributed by atoms with E-state index in [0.717, 1.165) is 22.3 Å². The second-order valence-electron chi connectivity index (χ2n) is 4.95. The molecule has 0 saturated heterocycles. The SMILES string of the molecule is C=C(C)Oc1cccc2c1ccn2-c1ccc([N+](=O)[O-])cc1. The molecule has 0 amide bonds. The first kappa shape index (κ1) is 13.9. The maximum absolute atomic E-state index is 10.7. The van der Waals surface area contributed by atoms with Gasteiger partial charge in [-0.25, -0.2) is 0 Å². The smallest absolute Gasteiger partial charge is 0.269 e. The van der Waals surface area contributed by atoms with Crippen LogP contribution in [0.1, 0.15) is 6.92 Å². The average Bonchev–Trinajstić information content (AvgIpc) is 2.92. The predicted molar refractivity (Wildman–Crippen MR) is 85.4 cm³/mol. The van der Waals surface area contributed by atoms with Crippen molar-refractivity contribution >= 4 is 16.6 Å². The number of nitro benzene ring substituents is 1. The Morgan fingerprint density at radius 3 is 2.55 bits per heavy atom. The van der Waals surface area contributed by atoms with E-state index in [9.17, 15) is 10.1 Å². The van der Waals surface area contributed by atoms with Crippen LogP contribution in [0.5, 0.6) is 5.75 Å². The molecule has 0 saturated carbocycles. The van der Waals surface area contributed by atoms with Crippen LogP contribution in [0.2, 0.25) is 0 Å². The molecule has 3 aromatic rings. The number of ether oxygens (including phenoxy) is 1. The number of hydrogen-bond donors (Lipinski definition) is 0. The summed E-state index contributed by atoms with van der Waals surface area (Å²) in [6, 6.07) is 14.2. The van der Waals surface area contributed by atoms with E-state index in [-0.39, 0.29) is 5.69 Å². The number of hydrogen-bond acceptors (Lipinski definition) is 3. The van der Waals surface area contributed by atoms with Crippen molar-refractivity contribution in [1.29, 1.82) is 0 Å². The van der Waals surface area contributed by atoms with Gasteiger partial charge in [0.05, 0.1) is 16.2 Å². The van der Waals surface area contributed by atoms with E-state index in [2.05, 4.69) is 6.58 Å². The third-order valence-corrected chi connectivity index (χ3v) is 3.32. The molecule has 2 aromatic carbocycles. The quantitative estimate of drug-likeness (QED) is 0.406. The molecule has 5 nitrogen and oxygen atoms in total. The standard InChI is InChI=1S/C17H14N2O3/c1-12(2)22-17-5-3-4-16-15(17)10-11-18(16)13-6-8-14(9-7-13)19(20)21/h3-11H,1H2,2H3. The van der Waals surface area contributed by atoms with Crippen LogP contribution in [0, 0.1) is 10.1 Å².